The van der Waals surface area contributed by atoms with E-state index in [0.717, 1.165) is 18.7 Å². The van der Waals surface area contributed by atoms with Crippen LogP contribution >= 0.6 is 11.3 Å². The van der Waals surface area contributed by atoms with Crippen LogP contribution in [0.4, 0.5) is 0 Å². The first-order valence-corrected chi connectivity index (χ1v) is 6.49. The highest BCUT2D eigenvalue weighted by molar-refractivity contribution is 7.07. The van der Waals surface area contributed by atoms with Gasteiger partial charge in [0.25, 0.3) is 0 Å². The van der Waals surface area contributed by atoms with E-state index in [4.69, 9.17) is 0 Å². The molecule has 1 aromatic rings. The van der Waals surface area contributed by atoms with Crippen molar-refractivity contribution in [3.8, 4) is 0 Å². The van der Waals surface area contributed by atoms with Crippen LogP contribution in [0, 0.1) is 0 Å². The van der Waals surface area contributed by atoms with Crippen LogP contribution in [-0.2, 0) is 4.79 Å². The lowest BCUT2D eigenvalue weighted by molar-refractivity contribution is -0.132. The van der Waals surface area contributed by atoms with Crippen molar-refractivity contribution in [3.05, 3.63) is 16.6 Å². The summed E-state index contributed by atoms with van der Waals surface area (Å²) in [7, 11) is 1.86. The molecular formula is C11H17N3OS. The van der Waals surface area contributed by atoms with E-state index in [9.17, 15) is 4.79 Å². The van der Waals surface area contributed by atoms with E-state index in [1.807, 2.05) is 12.6 Å². The van der Waals surface area contributed by atoms with Crippen molar-refractivity contribution in [2.75, 3.05) is 13.6 Å². The minimum Gasteiger partial charge on any atom is -0.344 e. The van der Waals surface area contributed by atoms with E-state index in [2.05, 4.69) is 22.6 Å². The first-order valence-electron chi connectivity index (χ1n) is 5.55. The Labute approximate surface area is 99.7 Å². The van der Waals surface area contributed by atoms with Crippen LogP contribution in [0.1, 0.15) is 31.5 Å². The Morgan fingerprint density at radius 3 is 3.12 bits per heavy atom. The Kier molecular flexibility index (Phi) is 3.56. The van der Waals surface area contributed by atoms with Gasteiger partial charge in [-0.3, -0.25) is 4.79 Å². The predicted molar refractivity (Wildman–Crippen MR) is 64.3 cm³/mol. The van der Waals surface area contributed by atoms with Crippen LogP contribution in [0.2, 0.25) is 0 Å². The van der Waals surface area contributed by atoms with Gasteiger partial charge in [-0.15, -0.1) is 11.3 Å². The summed E-state index contributed by atoms with van der Waals surface area (Å²) in [4.78, 5) is 17.4. The minimum atomic E-state index is 0.249. The van der Waals surface area contributed by atoms with Crippen molar-refractivity contribution < 1.29 is 4.79 Å². The molecule has 2 heterocycles. The smallest absolute Gasteiger partial charge is 0.222 e. The largest absolute Gasteiger partial charge is 0.344 e. The number of hydrogen-bond donors (Lipinski definition) is 1. The summed E-state index contributed by atoms with van der Waals surface area (Å²) in [5, 5.41) is 5.59. The van der Waals surface area contributed by atoms with Crippen molar-refractivity contribution in [2.45, 2.75) is 31.8 Å². The third kappa shape index (κ3) is 2.59. The molecule has 88 valence electrons. The second-order valence-electron chi connectivity index (χ2n) is 4.31. The number of rotatable bonds is 3. The summed E-state index contributed by atoms with van der Waals surface area (Å²) in [5.74, 6) is 0.249. The predicted octanol–water partition coefficient (Wildman–Crippen LogP) is 1.41. The number of amides is 1. The number of carbonyl (C=O) groups excluding carboxylic acids is 1. The molecule has 5 heteroatoms. The second kappa shape index (κ2) is 4.93. The molecule has 0 aromatic carbocycles. The maximum Gasteiger partial charge on any atom is 0.222 e. The number of carbonyl (C=O) groups is 1. The number of thiazole rings is 1. The third-order valence-corrected chi connectivity index (χ3v) is 3.61. The first kappa shape index (κ1) is 11.5. The topological polar surface area (TPSA) is 45.2 Å². The average Bonchev–Trinajstić information content (AvgIpc) is 2.77. The summed E-state index contributed by atoms with van der Waals surface area (Å²) in [6.07, 6.45) is 1.58. The fraction of sp³-hybridized carbons (Fsp3) is 0.636. The molecule has 1 N–H and O–H groups in total. The van der Waals surface area contributed by atoms with Crippen molar-refractivity contribution in [1.29, 1.82) is 0 Å². The number of hydrogen-bond acceptors (Lipinski definition) is 4. The van der Waals surface area contributed by atoms with E-state index < -0.39 is 0 Å². The Morgan fingerprint density at radius 1 is 1.69 bits per heavy atom. The minimum absolute atomic E-state index is 0.249. The molecule has 0 saturated carbocycles. The molecule has 4 nitrogen and oxygen atoms in total. The Balaban J connectivity index is 1.88. The van der Waals surface area contributed by atoms with Crippen molar-refractivity contribution in [3.63, 3.8) is 0 Å². The van der Waals surface area contributed by atoms with E-state index in [1.54, 1.807) is 16.2 Å². The summed E-state index contributed by atoms with van der Waals surface area (Å²) >= 11 is 1.62. The summed E-state index contributed by atoms with van der Waals surface area (Å²) in [6.45, 7) is 2.92. The van der Waals surface area contributed by atoms with Crippen LogP contribution in [-0.4, -0.2) is 35.4 Å². The van der Waals surface area contributed by atoms with Gasteiger partial charge in [0.05, 0.1) is 11.2 Å². The normalized spacial score (nSPS) is 23.5. The van der Waals surface area contributed by atoms with Gasteiger partial charge in [0, 0.05) is 37.5 Å². The molecule has 1 saturated heterocycles. The molecule has 0 aliphatic carbocycles. The lowest BCUT2D eigenvalue weighted by atomic mass is 10.0. The van der Waals surface area contributed by atoms with Crippen LogP contribution in [0.25, 0.3) is 0 Å². The number of nitrogens with one attached hydrogen (secondary N) is 1. The molecule has 0 bridgehead atoms. The molecule has 2 atom stereocenters. The zero-order valence-corrected chi connectivity index (χ0v) is 10.5. The maximum absolute atomic E-state index is 11.3. The zero-order valence-electron chi connectivity index (χ0n) is 9.64. The number of aromatic nitrogens is 1. The lowest BCUT2D eigenvalue weighted by Gasteiger charge is -2.31. The van der Waals surface area contributed by atoms with Crippen LogP contribution in [0.15, 0.2) is 10.9 Å². The van der Waals surface area contributed by atoms with Crippen molar-refractivity contribution in [1.82, 2.24) is 15.2 Å². The molecule has 16 heavy (non-hydrogen) atoms. The van der Waals surface area contributed by atoms with Gasteiger partial charge < -0.3 is 10.2 Å². The van der Waals surface area contributed by atoms with Gasteiger partial charge >= 0.3 is 0 Å². The second-order valence-corrected chi connectivity index (χ2v) is 5.03. The van der Waals surface area contributed by atoms with Gasteiger partial charge in [0.2, 0.25) is 5.91 Å². The van der Waals surface area contributed by atoms with Crippen LogP contribution in [0.3, 0.4) is 0 Å². The van der Waals surface area contributed by atoms with Crippen molar-refractivity contribution in [2.24, 2.45) is 0 Å². The van der Waals surface area contributed by atoms with Gasteiger partial charge in [0.1, 0.15) is 0 Å². The molecule has 0 spiro atoms. The fourth-order valence-corrected chi connectivity index (χ4v) is 2.67. The zero-order chi connectivity index (χ0) is 11.5. The summed E-state index contributed by atoms with van der Waals surface area (Å²) in [5.41, 5.74) is 2.94. The third-order valence-electron chi connectivity index (χ3n) is 3.01. The van der Waals surface area contributed by atoms with Gasteiger partial charge in [0.15, 0.2) is 0 Å². The molecule has 1 fully saturated rings. The molecule has 1 aliphatic rings. The molecular weight excluding hydrogens is 222 g/mol. The summed E-state index contributed by atoms with van der Waals surface area (Å²) < 4.78 is 0. The Hall–Kier alpha value is -0.940. The van der Waals surface area contributed by atoms with E-state index >= 15 is 0 Å². The van der Waals surface area contributed by atoms with Crippen LogP contribution < -0.4 is 5.32 Å². The Morgan fingerprint density at radius 2 is 2.50 bits per heavy atom. The average molecular weight is 239 g/mol. The molecule has 0 radical (unpaired) electrons. The van der Waals surface area contributed by atoms with Gasteiger partial charge in [-0.2, -0.15) is 0 Å². The molecule has 2 rings (SSSR count). The summed E-state index contributed by atoms with van der Waals surface area (Å²) in [6, 6.07) is 0.650. The van der Waals surface area contributed by atoms with Gasteiger partial charge in [-0.25, -0.2) is 4.98 Å². The lowest BCUT2D eigenvalue weighted by Crippen LogP contribution is -2.47. The maximum atomic E-state index is 11.3. The number of nitrogens with zero attached hydrogens (tertiary/aromatic N) is 2. The highest BCUT2D eigenvalue weighted by Gasteiger charge is 2.24. The highest BCUT2D eigenvalue weighted by atomic mass is 32.1. The standard InChI is InChI=1S/C11H17N3OS/c1-8(10-6-16-7-12-10)13-9-3-4-11(15)14(2)5-9/h6-9,13H,3-5H2,1-2H3. The number of likely N-dealkylation sites (N-methyl/N-ethyl adjacent to an activating group) is 1. The first-order chi connectivity index (χ1) is 7.66. The quantitative estimate of drug-likeness (QED) is 0.867. The monoisotopic (exact) mass is 239 g/mol. The van der Waals surface area contributed by atoms with E-state index in [1.165, 1.54) is 0 Å². The van der Waals surface area contributed by atoms with Gasteiger partial charge in [-0.1, -0.05) is 0 Å². The van der Waals surface area contributed by atoms with Gasteiger partial charge in [-0.05, 0) is 13.3 Å². The molecule has 1 aromatic heterocycles. The SMILES string of the molecule is CC(NC1CCC(=O)N(C)C1)c1cscn1. The van der Waals surface area contributed by atoms with E-state index in [-0.39, 0.29) is 11.9 Å². The number of likely N-dealkylation sites (tertiary alicyclic amines) is 1. The highest BCUT2D eigenvalue weighted by Crippen LogP contribution is 2.16. The molecule has 1 amide bonds. The Bertz CT molecular complexity index is 352. The van der Waals surface area contributed by atoms with Crippen molar-refractivity contribution >= 4 is 17.2 Å². The molecule has 1 aliphatic heterocycles. The number of piperidine rings is 1. The molecule has 2 unspecified atom stereocenters. The fourth-order valence-electron chi connectivity index (χ4n) is 2.02. The van der Waals surface area contributed by atoms with E-state index in [0.29, 0.717) is 12.5 Å². The van der Waals surface area contributed by atoms with Crippen LogP contribution in [0.5, 0.6) is 0 Å².